The first kappa shape index (κ1) is 13.1. The Kier molecular flexibility index (Phi) is 4.38. The summed E-state index contributed by atoms with van der Waals surface area (Å²) >= 11 is 6.05. The summed E-state index contributed by atoms with van der Waals surface area (Å²) in [7, 11) is 0. The molecule has 0 radical (unpaired) electrons. The van der Waals surface area contributed by atoms with Crippen LogP contribution in [0.1, 0.15) is 22.6 Å². The summed E-state index contributed by atoms with van der Waals surface area (Å²) in [5.41, 5.74) is 3.66. The van der Waals surface area contributed by atoms with Crippen molar-refractivity contribution in [1.82, 2.24) is 0 Å². The second-order valence-electron chi connectivity index (χ2n) is 4.53. The van der Waals surface area contributed by atoms with Crippen LogP contribution in [0.2, 0.25) is 0 Å². The zero-order valence-corrected chi connectivity index (χ0v) is 11.1. The third kappa shape index (κ3) is 3.11. The maximum absolute atomic E-state index is 12.9. The zero-order valence-electron chi connectivity index (χ0n) is 10.4. The normalized spacial score (nSPS) is 12.4. The fourth-order valence-corrected chi connectivity index (χ4v) is 2.39. The van der Waals surface area contributed by atoms with E-state index in [4.69, 9.17) is 11.6 Å². The number of hydrogen-bond donors (Lipinski definition) is 0. The molecule has 1 atom stereocenters. The molecule has 2 aromatic carbocycles. The van der Waals surface area contributed by atoms with E-state index in [-0.39, 0.29) is 11.7 Å². The Morgan fingerprint density at radius 1 is 1.06 bits per heavy atom. The maximum atomic E-state index is 12.9. The minimum absolute atomic E-state index is 0.206. The Hall–Kier alpha value is -1.34. The lowest BCUT2D eigenvalue weighted by Crippen LogP contribution is -2.06. The first-order chi connectivity index (χ1) is 8.70. The molecule has 2 heteroatoms. The minimum atomic E-state index is -0.206. The fraction of sp³-hybridized carbons (Fsp3) is 0.250. The molecule has 0 spiro atoms. The Labute approximate surface area is 112 Å². The molecule has 0 nitrogen and oxygen atoms in total. The molecule has 0 N–H and O–H groups in total. The first-order valence-corrected chi connectivity index (χ1v) is 6.60. The Balaban J connectivity index is 2.20. The molecule has 0 fully saturated rings. The van der Waals surface area contributed by atoms with Crippen LogP contribution < -0.4 is 0 Å². The van der Waals surface area contributed by atoms with Crippen LogP contribution in [0, 0.1) is 12.7 Å². The summed E-state index contributed by atoms with van der Waals surface area (Å²) in [5.74, 6) is 0.566. The van der Waals surface area contributed by atoms with Gasteiger partial charge in [0.05, 0.1) is 0 Å². The highest BCUT2D eigenvalue weighted by Crippen LogP contribution is 2.24. The molecular formula is C16H16ClF. The van der Waals surface area contributed by atoms with Gasteiger partial charge in [0, 0.05) is 11.8 Å². The predicted octanol–water partition coefficient (Wildman–Crippen LogP) is 4.70. The second-order valence-corrected chi connectivity index (χ2v) is 4.84. The maximum Gasteiger partial charge on any atom is 0.123 e. The van der Waals surface area contributed by atoms with Gasteiger partial charge in [0.1, 0.15) is 5.82 Å². The van der Waals surface area contributed by atoms with Gasteiger partial charge in [0.2, 0.25) is 0 Å². The highest BCUT2D eigenvalue weighted by Gasteiger charge is 2.12. The van der Waals surface area contributed by atoms with Gasteiger partial charge in [-0.25, -0.2) is 4.39 Å². The Morgan fingerprint density at radius 3 is 2.33 bits per heavy atom. The number of benzene rings is 2. The van der Waals surface area contributed by atoms with Gasteiger partial charge < -0.3 is 0 Å². The minimum Gasteiger partial charge on any atom is -0.207 e. The van der Waals surface area contributed by atoms with E-state index in [1.54, 1.807) is 0 Å². The predicted molar refractivity (Wildman–Crippen MR) is 74.7 cm³/mol. The largest absolute Gasteiger partial charge is 0.207 e. The van der Waals surface area contributed by atoms with E-state index >= 15 is 0 Å². The molecule has 2 rings (SSSR count). The van der Waals surface area contributed by atoms with Crippen molar-refractivity contribution in [3.63, 3.8) is 0 Å². The molecule has 0 amide bonds. The molecular weight excluding hydrogens is 247 g/mol. The van der Waals surface area contributed by atoms with Crippen LogP contribution in [0.15, 0.2) is 48.5 Å². The number of halogens is 2. The lowest BCUT2D eigenvalue weighted by atomic mass is 9.91. The van der Waals surface area contributed by atoms with Crippen LogP contribution >= 0.6 is 11.6 Å². The molecule has 2 aromatic rings. The third-order valence-electron chi connectivity index (χ3n) is 3.26. The molecule has 0 aliphatic carbocycles. The standard InChI is InChI=1S/C16H16ClF/c1-12-4-2-3-5-14(12)10-15(11-17)13-6-8-16(18)9-7-13/h2-9,15H,10-11H2,1H3. The van der Waals surface area contributed by atoms with Crippen LogP contribution in [-0.2, 0) is 6.42 Å². The molecule has 0 saturated heterocycles. The van der Waals surface area contributed by atoms with Crippen molar-refractivity contribution >= 4 is 11.6 Å². The molecule has 0 aliphatic heterocycles. The van der Waals surface area contributed by atoms with Crippen molar-refractivity contribution in [3.05, 3.63) is 71.0 Å². The molecule has 18 heavy (non-hydrogen) atoms. The summed E-state index contributed by atoms with van der Waals surface area (Å²) in [5, 5.41) is 0. The summed E-state index contributed by atoms with van der Waals surface area (Å²) in [6.07, 6.45) is 0.891. The van der Waals surface area contributed by atoms with E-state index < -0.39 is 0 Å². The van der Waals surface area contributed by atoms with Gasteiger partial charge in [-0.15, -0.1) is 11.6 Å². The van der Waals surface area contributed by atoms with Gasteiger partial charge in [0.25, 0.3) is 0 Å². The van der Waals surface area contributed by atoms with E-state index in [0.29, 0.717) is 5.88 Å². The van der Waals surface area contributed by atoms with E-state index in [1.165, 1.54) is 23.3 Å². The van der Waals surface area contributed by atoms with Crippen molar-refractivity contribution < 1.29 is 4.39 Å². The van der Waals surface area contributed by atoms with E-state index in [2.05, 4.69) is 19.1 Å². The lowest BCUT2D eigenvalue weighted by molar-refractivity contribution is 0.625. The monoisotopic (exact) mass is 262 g/mol. The van der Waals surface area contributed by atoms with Crippen molar-refractivity contribution in [3.8, 4) is 0 Å². The molecule has 0 aliphatic rings. The van der Waals surface area contributed by atoms with E-state index in [9.17, 15) is 4.39 Å². The summed E-state index contributed by atoms with van der Waals surface area (Å²) in [6, 6.07) is 14.9. The Morgan fingerprint density at radius 2 is 1.72 bits per heavy atom. The van der Waals surface area contributed by atoms with Gasteiger partial charge in [0.15, 0.2) is 0 Å². The van der Waals surface area contributed by atoms with Crippen LogP contribution in [0.3, 0.4) is 0 Å². The summed E-state index contributed by atoms with van der Waals surface area (Å²) < 4.78 is 12.9. The molecule has 0 bridgehead atoms. The SMILES string of the molecule is Cc1ccccc1CC(CCl)c1ccc(F)cc1. The van der Waals surface area contributed by atoms with Crippen LogP contribution in [-0.4, -0.2) is 5.88 Å². The number of hydrogen-bond acceptors (Lipinski definition) is 0. The number of rotatable bonds is 4. The smallest absolute Gasteiger partial charge is 0.123 e. The molecule has 0 aromatic heterocycles. The van der Waals surface area contributed by atoms with Gasteiger partial charge in [-0.3, -0.25) is 0 Å². The highest BCUT2D eigenvalue weighted by atomic mass is 35.5. The molecule has 0 heterocycles. The van der Waals surface area contributed by atoms with E-state index in [0.717, 1.165) is 12.0 Å². The van der Waals surface area contributed by atoms with Crippen LogP contribution in [0.4, 0.5) is 4.39 Å². The second kappa shape index (κ2) is 6.01. The number of aryl methyl sites for hydroxylation is 1. The van der Waals surface area contributed by atoms with Crippen molar-refractivity contribution in [2.45, 2.75) is 19.3 Å². The topological polar surface area (TPSA) is 0 Å². The molecule has 0 saturated carbocycles. The third-order valence-corrected chi connectivity index (χ3v) is 3.63. The van der Waals surface area contributed by atoms with Gasteiger partial charge in [-0.2, -0.15) is 0 Å². The fourth-order valence-electron chi connectivity index (χ4n) is 2.10. The average Bonchev–Trinajstić information content (AvgIpc) is 2.39. The summed E-state index contributed by atoms with van der Waals surface area (Å²) in [6.45, 7) is 2.10. The van der Waals surface area contributed by atoms with Crippen LogP contribution in [0.5, 0.6) is 0 Å². The quantitative estimate of drug-likeness (QED) is 0.701. The first-order valence-electron chi connectivity index (χ1n) is 6.06. The van der Waals surface area contributed by atoms with E-state index in [1.807, 2.05) is 24.3 Å². The van der Waals surface area contributed by atoms with Gasteiger partial charge in [-0.1, -0.05) is 36.4 Å². The highest BCUT2D eigenvalue weighted by molar-refractivity contribution is 6.18. The van der Waals surface area contributed by atoms with Crippen molar-refractivity contribution in [2.24, 2.45) is 0 Å². The summed E-state index contributed by atoms with van der Waals surface area (Å²) in [4.78, 5) is 0. The zero-order chi connectivity index (χ0) is 13.0. The molecule has 1 unspecified atom stereocenters. The van der Waals surface area contributed by atoms with Gasteiger partial charge >= 0.3 is 0 Å². The van der Waals surface area contributed by atoms with Crippen molar-refractivity contribution in [2.75, 3.05) is 5.88 Å². The van der Waals surface area contributed by atoms with Crippen molar-refractivity contribution in [1.29, 1.82) is 0 Å². The Bertz CT molecular complexity index is 505. The van der Waals surface area contributed by atoms with Gasteiger partial charge in [-0.05, 0) is 42.2 Å². The lowest BCUT2D eigenvalue weighted by Gasteiger charge is -2.16. The van der Waals surface area contributed by atoms with Crippen LogP contribution in [0.25, 0.3) is 0 Å². The average molecular weight is 263 g/mol. The molecule has 94 valence electrons. The number of alkyl halides is 1.